The lowest BCUT2D eigenvalue weighted by molar-refractivity contribution is 0.0374. The zero-order valence-corrected chi connectivity index (χ0v) is 19.4. The Morgan fingerprint density at radius 3 is 2.50 bits per heavy atom. The number of nitrogens with one attached hydrogen (secondary N) is 3. The third-order valence-electron chi connectivity index (χ3n) is 5.53. The maximum Gasteiger partial charge on any atom is 0.191 e. The summed E-state index contributed by atoms with van der Waals surface area (Å²) in [5, 5.41) is 10.6. The predicted molar refractivity (Wildman–Crippen MR) is 125 cm³/mol. The Bertz CT molecular complexity index is 600. The summed E-state index contributed by atoms with van der Waals surface area (Å²) < 4.78 is 11.4. The van der Waals surface area contributed by atoms with Gasteiger partial charge in [-0.1, -0.05) is 44.2 Å². The van der Waals surface area contributed by atoms with E-state index in [1.807, 2.05) is 0 Å². The van der Waals surface area contributed by atoms with Crippen LogP contribution in [0.3, 0.4) is 0 Å². The number of hydrogen-bond acceptors (Lipinski definition) is 4. The summed E-state index contributed by atoms with van der Waals surface area (Å²) >= 11 is 0. The first-order valence-electron chi connectivity index (χ1n) is 11.5. The first-order valence-corrected chi connectivity index (χ1v) is 11.5. The van der Waals surface area contributed by atoms with Crippen molar-refractivity contribution in [3.8, 4) is 0 Å². The second-order valence-electron chi connectivity index (χ2n) is 8.59. The fourth-order valence-corrected chi connectivity index (χ4v) is 3.63. The van der Waals surface area contributed by atoms with E-state index in [4.69, 9.17) is 14.5 Å². The van der Waals surface area contributed by atoms with Crippen molar-refractivity contribution in [1.29, 1.82) is 0 Å². The highest BCUT2D eigenvalue weighted by Gasteiger charge is 2.34. The maximum atomic E-state index is 5.71. The second-order valence-corrected chi connectivity index (χ2v) is 8.59. The van der Waals surface area contributed by atoms with Crippen LogP contribution >= 0.6 is 0 Å². The highest BCUT2D eigenvalue weighted by molar-refractivity contribution is 5.79. The van der Waals surface area contributed by atoms with Gasteiger partial charge in [-0.2, -0.15) is 0 Å². The van der Waals surface area contributed by atoms with Gasteiger partial charge in [0.25, 0.3) is 0 Å². The number of guanidine groups is 1. The van der Waals surface area contributed by atoms with Crippen molar-refractivity contribution in [2.24, 2.45) is 10.9 Å². The molecule has 0 radical (unpaired) electrons. The van der Waals surface area contributed by atoms with Crippen molar-refractivity contribution in [3.05, 3.63) is 35.9 Å². The molecule has 0 bridgehead atoms. The Morgan fingerprint density at radius 1 is 1.10 bits per heavy atom. The van der Waals surface area contributed by atoms with Gasteiger partial charge in [-0.3, -0.25) is 4.99 Å². The lowest BCUT2D eigenvalue weighted by Crippen LogP contribution is -2.53. The van der Waals surface area contributed by atoms with Gasteiger partial charge in [0.1, 0.15) is 0 Å². The molecule has 0 spiro atoms. The summed E-state index contributed by atoms with van der Waals surface area (Å²) in [6.45, 7) is 14.1. The molecule has 1 saturated heterocycles. The van der Waals surface area contributed by atoms with E-state index < -0.39 is 0 Å². The Hall–Kier alpha value is -1.63. The zero-order valence-electron chi connectivity index (χ0n) is 19.4. The van der Waals surface area contributed by atoms with Gasteiger partial charge in [0, 0.05) is 44.5 Å². The van der Waals surface area contributed by atoms with E-state index in [0.717, 1.165) is 64.7 Å². The summed E-state index contributed by atoms with van der Waals surface area (Å²) in [5.74, 6) is 1.53. The molecule has 1 aromatic carbocycles. The Balaban J connectivity index is 1.92. The van der Waals surface area contributed by atoms with Crippen LogP contribution in [0.4, 0.5) is 0 Å². The summed E-state index contributed by atoms with van der Waals surface area (Å²) in [6, 6.07) is 10.9. The van der Waals surface area contributed by atoms with Gasteiger partial charge in [-0.15, -0.1) is 0 Å². The van der Waals surface area contributed by atoms with Crippen molar-refractivity contribution in [3.63, 3.8) is 0 Å². The van der Waals surface area contributed by atoms with Crippen LogP contribution in [0.25, 0.3) is 0 Å². The number of benzene rings is 1. The van der Waals surface area contributed by atoms with Crippen LogP contribution in [-0.4, -0.2) is 57.6 Å². The molecule has 30 heavy (non-hydrogen) atoms. The first-order chi connectivity index (χ1) is 14.5. The SMILES string of the molecule is CCNC(=NCC1(NC(C)c2ccccc2)CCOCC1)NCCOCCC(C)C. The minimum absolute atomic E-state index is 0.0520. The Morgan fingerprint density at radius 2 is 1.83 bits per heavy atom. The molecule has 3 N–H and O–H groups in total. The van der Waals surface area contributed by atoms with Gasteiger partial charge in [-0.05, 0) is 44.6 Å². The second kappa shape index (κ2) is 13.6. The van der Waals surface area contributed by atoms with E-state index in [-0.39, 0.29) is 11.6 Å². The summed E-state index contributed by atoms with van der Waals surface area (Å²) in [5.41, 5.74) is 1.25. The van der Waals surface area contributed by atoms with E-state index in [2.05, 4.69) is 74.0 Å². The van der Waals surface area contributed by atoms with Crippen LogP contribution in [-0.2, 0) is 9.47 Å². The minimum Gasteiger partial charge on any atom is -0.381 e. The van der Waals surface area contributed by atoms with Gasteiger partial charge in [0.2, 0.25) is 0 Å². The molecule has 2 rings (SSSR count). The topological polar surface area (TPSA) is 66.9 Å². The average Bonchev–Trinajstić information content (AvgIpc) is 2.75. The highest BCUT2D eigenvalue weighted by Crippen LogP contribution is 2.26. The molecule has 170 valence electrons. The number of hydrogen-bond donors (Lipinski definition) is 3. The summed E-state index contributed by atoms with van der Waals surface area (Å²) in [4.78, 5) is 4.92. The lowest BCUT2D eigenvalue weighted by atomic mass is 9.88. The Kier molecular flexibility index (Phi) is 11.2. The van der Waals surface area contributed by atoms with Crippen LogP contribution in [0.2, 0.25) is 0 Å². The first kappa shape index (κ1) is 24.6. The van der Waals surface area contributed by atoms with Crippen LogP contribution < -0.4 is 16.0 Å². The van der Waals surface area contributed by atoms with Gasteiger partial charge in [-0.25, -0.2) is 0 Å². The molecule has 1 aliphatic rings. The van der Waals surface area contributed by atoms with Gasteiger partial charge in [0.05, 0.1) is 13.2 Å². The van der Waals surface area contributed by atoms with Crippen molar-refractivity contribution < 1.29 is 9.47 Å². The van der Waals surface area contributed by atoms with Crippen LogP contribution in [0.5, 0.6) is 0 Å². The van der Waals surface area contributed by atoms with E-state index in [1.54, 1.807) is 0 Å². The molecule has 1 heterocycles. The van der Waals surface area contributed by atoms with Gasteiger partial charge >= 0.3 is 0 Å². The third kappa shape index (κ3) is 9.02. The molecule has 0 amide bonds. The molecule has 6 nitrogen and oxygen atoms in total. The van der Waals surface area contributed by atoms with E-state index in [1.165, 1.54) is 5.56 Å². The smallest absolute Gasteiger partial charge is 0.191 e. The molecule has 0 aromatic heterocycles. The third-order valence-corrected chi connectivity index (χ3v) is 5.53. The molecular weight excluding hydrogens is 376 g/mol. The van der Waals surface area contributed by atoms with E-state index in [0.29, 0.717) is 12.5 Å². The van der Waals surface area contributed by atoms with Gasteiger partial charge in [0.15, 0.2) is 5.96 Å². The normalized spacial score (nSPS) is 17.7. The number of rotatable bonds is 12. The predicted octanol–water partition coefficient (Wildman–Crippen LogP) is 3.50. The fraction of sp³-hybridized carbons (Fsp3) is 0.708. The van der Waals surface area contributed by atoms with Crippen molar-refractivity contribution in [2.75, 3.05) is 46.1 Å². The van der Waals surface area contributed by atoms with Gasteiger partial charge < -0.3 is 25.4 Å². The van der Waals surface area contributed by atoms with Crippen molar-refractivity contribution in [1.82, 2.24) is 16.0 Å². The van der Waals surface area contributed by atoms with E-state index in [9.17, 15) is 0 Å². The largest absolute Gasteiger partial charge is 0.381 e. The maximum absolute atomic E-state index is 5.71. The number of ether oxygens (including phenoxy) is 2. The number of nitrogens with zero attached hydrogens (tertiary/aromatic N) is 1. The number of aliphatic imine (C=N–C) groups is 1. The molecule has 0 aliphatic carbocycles. The molecule has 0 saturated carbocycles. The Labute approximate surface area is 183 Å². The summed E-state index contributed by atoms with van der Waals surface area (Å²) in [7, 11) is 0. The van der Waals surface area contributed by atoms with Crippen LogP contribution in [0.1, 0.15) is 58.6 Å². The molecule has 1 aliphatic heterocycles. The molecule has 1 fully saturated rings. The molecule has 1 atom stereocenters. The highest BCUT2D eigenvalue weighted by atomic mass is 16.5. The average molecular weight is 419 g/mol. The molecule has 1 aromatic rings. The van der Waals surface area contributed by atoms with Crippen LogP contribution in [0.15, 0.2) is 35.3 Å². The minimum atomic E-state index is -0.0520. The fourth-order valence-electron chi connectivity index (χ4n) is 3.63. The standard InChI is InChI=1S/C24H42N4O2/c1-5-25-23(26-14-18-29-15-11-20(2)3)27-19-24(12-16-30-17-13-24)28-21(4)22-9-7-6-8-10-22/h6-10,20-21,28H,5,11-19H2,1-4H3,(H2,25,26,27). The molecule has 6 heteroatoms. The molecule has 1 unspecified atom stereocenters. The monoisotopic (exact) mass is 418 g/mol. The molecular formula is C24H42N4O2. The zero-order chi connectivity index (χ0) is 21.7. The lowest BCUT2D eigenvalue weighted by Gasteiger charge is -2.39. The quantitative estimate of drug-likeness (QED) is 0.275. The summed E-state index contributed by atoms with van der Waals surface area (Å²) in [6.07, 6.45) is 3.03. The van der Waals surface area contributed by atoms with Crippen molar-refractivity contribution >= 4 is 5.96 Å². The van der Waals surface area contributed by atoms with Crippen molar-refractivity contribution in [2.45, 2.75) is 58.5 Å². The van der Waals surface area contributed by atoms with Crippen LogP contribution in [0, 0.1) is 5.92 Å². The van der Waals surface area contributed by atoms with E-state index >= 15 is 0 Å².